The lowest BCUT2D eigenvalue weighted by molar-refractivity contribution is 0.432. The van der Waals surface area contributed by atoms with E-state index in [1.165, 1.54) is 3.57 Å². The molecule has 1 aromatic heterocycles. The Morgan fingerprint density at radius 1 is 1.00 bits per heavy atom. The van der Waals surface area contributed by atoms with E-state index in [1.807, 2.05) is 48.5 Å². The Bertz CT molecular complexity index is 870. The van der Waals surface area contributed by atoms with E-state index in [0.29, 0.717) is 11.7 Å². The van der Waals surface area contributed by atoms with E-state index in [1.54, 1.807) is 0 Å². The maximum atomic E-state index is 5.40. The monoisotopic (exact) mass is 416 g/mol. The second-order valence-electron chi connectivity index (χ2n) is 5.17. The summed E-state index contributed by atoms with van der Waals surface area (Å²) in [7, 11) is 0. The fourth-order valence-corrected chi connectivity index (χ4v) is 2.81. The zero-order valence-electron chi connectivity index (χ0n) is 12.2. The number of rotatable bonds is 3. The molecule has 0 bridgehead atoms. The Morgan fingerprint density at radius 2 is 1.83 bits per heavy atom. The lowest BCUT2D eigenvalue weighted by Gasteiger charge is -2.03. The second-order valence-corrected chi connectivity index (χ2v) is 6.41. The highest BCUT2D eigenvalue weighted by Gasteiger charge is 2.13. The van der Waals surface area contributed by atoms with E-state index >= 15 is 0 Å². The summed E-state index contributed by atoms with van der Waals surface area (Å²) in [6.07, 6.45) is 0. The summed E-state index contributed by atoms with van der Waals surface area (Å²) in [4.78, 5) is 8.95. The van der Waals surface area contributed by atoms with Gasteiger partial charge in [-0.25, -0.2) is 0 Å². The van der Waals surface area contributed by atoms with Gasteiger partial charge in [-0.1, -0.05) is 23.4 Å². The van der Waals surface area contributed by atoms with Gasteiger partial charge >= 0.3 is 0 Å². The van der Waals surface area contributed by atoms with Gasteiger partial charge in [-0.05, 0) is 52.9 Å². The molecule has 0 radical (unpaired) electrons. The summed E-state index contributed by atoms with van der Waals surface area (Å²) in [5.41, 5.74) is 2.88. The van der Waals surface area contributed by atoms with E-state index in [-0.39, 0.29) is 0 Å². The van der Waals surface area contributed by atoms with Crippen molar-refractivity contribution in [2.45, 2.75) is 0 Å². The van der Waals surface area contributed by atoms with Crippen LogP contribution in [0.25, 0.3) is 22.8 Å². The van der Waals surface area contributed by atoms with Gasteiger partial charge in [0.15, 0.2) is 0 Å². The van der Waals surface area contributed by atoms with Crippen molar-refractivity contribution in [1.29, 1.82) is 0 Å². The van der Waals surface area contributed by atoms with Crippen molar-refractivity contribution < 1.29 is 4.52 Å². The summed E-state index contributed by atoms with van der Waals surface area (Å²) in [5, 5.41) is 7.38. The number of halogens is 1. The Hall–Kier alpha value is -2.22. The third-order valence-corrected chi connectivity index (χ3v) is 4.30. The molecule has 3 aromatic rings. The van der Waals surface area contributed by atoms with E-state index in [4.69, 9.17) is 4.52 Å². The van der Waals surface area contributed by atoms with Crippen LogP contribution in [-0.4, -0.2) is 29.1 Å². The molecule has 0 spiro atoms. The highest BCUT2D eigenvalue weighted by Crippen LogP contribution is 2.23. The minimum Gasteiger partial charge on any atom is -0.368 e. The summed E-state index contributed by atoms with van der Waals surface area (Å²) < 4.78 is 6.57. The fourth-order valence-electron chi connectivity index (χ4n) is 2.45. The van der Waals surface area contributed by atoms with Gasteiger partial charge in [-0.2, -0.15) is 4.98 Å². The zero-order valence-corrected chi connectivity index (χ0v) is 14.3. The van der Waals surface area contributed by atoms with E-state index < -0.39 is 0 Å². The van der Waals surface area contributed by atoms with Gasteiger partial charge in [-0.3, -0.25) is 4.99 Å². The highest BCUT2D eigenvalue weighted by atomic mass is 127. The van der Waals surface area contributed by atoms with E-state index in [9.17, 15) is 0 Å². The molecule has 1 aliphatic heterocycles. The molecule has 4 rings (SSSR count). The standard InChI is InChI=1S/C17H13IN4O/c18-14-6-4-11(5-7-14)17-21-16(22-23-17)13-3-1-2-12(10-13)15-19-8-9-20-15/h1-7,10H,8-9H2,(H,19,20). The van der Waals surface area contributed by atoms with Crippen LogP contribution >= 0.6 is 22.6 Å². The van der Waals surface area contributed by atoms with Crippen LogP contribution in [-0.2, 0) is 0 Å². The molecule has 0 fully saturated rings. The topological polar surface area (TPSA) is 63.3 Å². The first kappa shape index (κ1) is 14.4. The normalized spacial score (nSPS) is 13.7. The van der Waals surface area contributed by atoms with Crippen LogP contribution in [0.1, 0.15) is 5.56 Å². The first-order valence-corrected chi connectivity index (χ1v) is 8.36. The average Bonchev–Trinajstić information content (AvgIpc) is 3.28. The third-order valence-electron chi connectivity index (χ3n) is 3.59. The second kappa shape index (κ2) is 6.11. The number of benzene rings is 2. The largest absolute Gasteiger partial charge is 0.368 e. The van der Waals surface area contributed by atoms with Gasteiger partial charge in [-0.15, -0.1) is 0 Å². The van der Waals surface area contributed by atoms with E-state index in [0.717, 1.165) is 35.6 Å². The number of nitrogens with one attached hydrogen (secondary N) is 1. The molecule has 0 aliphatic carbocycles. The van der Waals surface area contributed by atoms with Crippen LogP contribution in [0.2, 0.25) is 0 Å². The lowest BCUT2D eigenvalue weighted by atomic mass is 10.1. The van der Waals surface area contributed by atoms with Crippen molar-refractivity contribution >= 4 is 28.4 Å². The van der Waals surface area contributed by atoms with E-state index in [2.05, 4.69) is 43.0 Å². The summed E-state index contributed by atoms with van der Waals surface area (Å²) >= 11 is 2.27. The summed E-state index contributed by atoms with van der Waals surface area (Å²) in [6, 6.07) is 16.0. The van der Waals surface area contributed by atoms with Crippen molar-refractivity contribution in [2.75, 3.05) is 13.1 Å². The van der Waals surface area contributed by atoms with Gasteiger partial charge in [0.1, 0.15) is 5.84 Å². The lowest BCUT2D eigenvalue weighted by Crippen LogP contribution is -2.19. The molecular formula is C17H13IN4O. The number of amidine groups is 1. The van der Waals surface area contributed by atoms with Crippen LogP contribution in [0, 0.1) is 3.57 Å². The van der Waals surface area contributed by atoms with Gasteiger partial charge in [0.2, 0.25) is 5.82 Å². The molecular weight excluding hydrogens is 403 g/mol. The molecule has 0 unspecified atom stereocenters. The van der Waals surface area contributed by atoms with Crippen molar-refractivity contribution in [3.05, 3.63) is 57.7 Å². The Balaban J connectivity index is 1.66. The number of hydrogen-bond donors (Lipinski definition) is 1. The van der Waals surface area contributed by atoms with Gasteiger partial charge in [0.25, 0.3) is 5.89 Å². The van der Waals surface area contributed by atoms with Crippen LogP contribution in [0.15, 0.2) is 58.0 Å². The molecule has 0 saturated heterocycles. The first-order chi connectivity index (χ1) is 11.3. The van der Waals surface area contributed by atoms with Crippen LogP contribution < -0.4 is 5.32 Å². The Morgan fingerprint density at radius 3 is 2.61 bits per heavy atom. The van der Waals surface area contributed by atoms with Gasteiger partial charge in [0.05, 0.1) is 6.54 Å². The third kappa shape index (κ3) is 2.98. The molecule has 1 aliphatic rings. The summed E-state index contributed by atoms with van der Waals surface area (Å²) in [6.45, 7) is 1.71. The molecule has 1 N–H and O–H groups in total. The molecule has 5 nitrogen and oxygen atoms in total. The number of aliphatic imine (C=N–C) groups is 1. The molecule has 0 saturated carbocycles. The highest BCUT2D eigenvalue weighted by molar-refractivity contribution is 14.1. The zero-order chi connectivity index (χ0) is 15.6. The number of hydrogen-bond acceptors (Lipinski definition) is 5. The smallest absolute Gasteiger partial charge is 0.258 e. The number of aromatic nitrogens is 2. The van der Waals surface area contributed by atoms with Gasteiger partial charge in [0, 0.05) is 26.8 Å². The maximum Gasteiger partial charge on any atom is 0.258 e. The van der Waals surface area contributed by atoms with Crippen molar-refractivity contribution in [1.82, 2.24) is 15.5 Å². The molecule has 2 aromatic carbocycles. The van der Waals surface area contributed by atoms with Crippen LogP contribution in [0.4, 0.5) is 0 Å². The predicted octanol–water partition coefficient (Wildman–Crippen LogP) is 3.36. The van der Waals surface area contributed by atoms with Gasteiger partial charge < -0.3 is 9.84 Å². The predicted molar refractivity (Wildman–Crippen MR) is 97.3 cm³/mol. The maximum absolute atomic E-state index is 5.40. The molecule has 2 heterocycles. The quantitative estimate of drug-likeness (QED) is 0.666. The SMILES string of the molecule is Ic1ccc(-c2nc(-c3cccc(C4=NCCN4)c3)no2)cc1. The van der Waals surface area contributed by atoms with Crippen LogP contribution in [0.3, 0.4) is 0 Å². The summed E-state index contributed by atoms with van der Waals surface area (Å²) in [5.74, 6) is 2.03. The molecule has 0 atom stereocenters. The number of nitrogens with zero attached hydrogens (tertiary/aromatic N) is 3. The Kier molecular flexibility index (Phi) is 3.82. The minimum atomic E-state index is 0.526. The van der Waals surface area contributed by atoms with Crippen molar-refractivity contribution in [3.63, 3.8) is 0 Å². The molecule has 114 valence electrons. The van der Waals surface area contributed by atoms with Crippen LogP contribution in [0.5, 0.6) is 0 Å². The van der Waals surface area contributed by atoms with Crippen molar-refractivity contribution in [3.8, 4) is 22.8 Å². The Labute approximate surface area is 147 Å². The molecule has 23 heavy (non-hydrogen) atoms. The minimum absolute atomic E-state index is 0.526. The fraction of sp³-hybridized carbons (Fsp3) is 0.118. The first-order valence-electron chi connectivity index (χ1n) is 7.28. The molecule has 0 amide bonds. The average molecular weight is 416 g/mol. The van der Waals surface area contributed by atoms with Crippen molar-refractivity contribution in [2.24, 2.45) is 4.99 Å². The molecule has 6 heteroatoms.